The van der Waals surface area contributed by atoms with Gasteiger partial charge in [0.15, 0.2) is 0 Å². The van der Waals surface area contributed by atoms with Crippen LogP contribution in [0.5, 0.6) is 0 Å². The zero-order chi connectivity index (χ0) is 16.0. The fourth-order valence-electron chi connectivity index (χ4n) is 2.02. The zero-order valence-corrected chi connectivity index (χ0v) is 13.1. The lowest BCUT2D eigenvalue weighted by Gasteiger charge is -2.12. The van der Waals surface area contributed by atoms with Gasteiger partial charge in [-0.15, -0.1) is 0 Å². The molecule has 1 unspecified atom stereocenters. The standard InChI is InChI=1S/C13H22N2O5S/c1-3-6-15-9-11(8-12(15)13(17)18)21(19,20)14-10(2)5-4-7-16/h8-10,14,16H,3-7H2,1-2H3,(H,17,18). The SMILES string of the molecule is CCCn1cc(S(=O)(=O)NC(C)CCCO)cc1C(=O)O. The Morgan fingerprint density at radius 2 is 2.14 bits per heavy atom. The van der Waals surface area contributed by atoms with Crippen LogP contribution in [0, 0.1) is 0 Å². The number of nitrogens with zero attached hydrogens (tertiary/aromatic N) is 1. The van der Waals surface area contributed by atoms with Gasteiger partial charge in [0, 0.05) is 25.4 Å². The lowest BCUT2D eigenvalue weighted by molar-refractivity contribution is 0.0685. The van der Waals surface area contributed by atoms with Crippen molar-refractivity contribution >= 4 is 16.0 Å². The second-order valence-electron chi connectivity index (χ2n) is 4.95. The summed E-state index contributed by atoms with van der Waals surface area (Å²) in [6, 6.07) is 0.837. The van der Waals surface area contributed by atoms with Crippen molar-refractivity contribution < 1.29 is 23.4 Å². The third kappa shape index (κ3) is 4.83. The van der Waals surface area contributed by atoms with E-state index in [-0.39, 0.29) is 23.2 Å². The van der Waals surface area contributed by atoms with Crippen LogP contribution in [-0.4, -0.2) is 41.8 Å². The number of carboxylic acid groups (broad SMARTS) is 1. The van der Waals surface area contributed by atoms with Crippen LogP contribution in [-0.2, 0) is 16.6 Å². The molecule has 0 amide bonds. The molecule has 0 saturated heterocycles. The van der Waals surface area contributed by atoms with E-state index in [2.05, 4.69) is 4.72 Å². The number of aliphatic hydroxyl groups excluding tert-OH is 1. The highest BCUT2D eigenvalue weighted by Gasteiger charge is 2.22. The van der Waals surface area contributed by atoms with Gasteiger partial charge in [0.05, 0.1) is 0 Å². The summed E-state index contributed by atoms with van der Waals surface area (Å²) in [5.41, 5.74) is -0.0414. The molecule has 0 aliphatic rings. The highest BCUT2D eigenvalue weighted by molar-refractivity contribution is 7.89. The summed E-state index contributed by atoms with van der Waals surface area (Å²) in [7, 11) is -3.76. The Morgan fingerprint density at radius 3 is 2.67 bits per heavy atom. The predicted molar refractivity (Wildman–Crippen MR) is 77.8 cm³/mol. The molecule has 8 heteroatoms. The molecule has 1 aromatic rings. The highest BCUT2D eigenvalue weighted by Crippen LogP contribution is 2.16. The fraction of sp³-hybridized carbons (Fsp3) is 0.615. The third-order valence-corrected chi connectivity index (χ3v) is 4.57. The van der Waals surface area contributed by atoms with Crippen molar-refractivity contribution in [2.45, 2.75) is 50.6 Å². The van der Waals surface area contributed by atoms with E-state index in [1.54, 1.807) is 6.92 Å². The maximum absolute atomic E-state index is 12.2. The molecular weight excluding hydrogens is 296 g/mol. The van der Waals surface area contributed by atoms with Gasteiger partial charge in [0.2, 0.25) is 10.0 Å². The van der Waals surface area contributed by atoms with E-state index < -0.39 is 16.0 Å². The number of aromatic nitrogens is 1. The molecule has 120 valence electrons. The van der Waals surface area contributed by atoms with E-state index in [0.29, 0.717) is 25.8 Å². The summed E-state index contributed by atoms with van der Waals surface area (Å²) in [5, 5.41) is 17.9. The van der Waals surface area contributed by atoms with Crippen molar-refractivity contribution in [1.29, 1.82) is 0 Å². The second-order valence-corrected chi connectivity index (χ2v) is 6.66. The first-order chi connectivity index (χ1) is 9.81. The molecule has 0 aliphatic carbocycles. The van der Waals surface area contributed by atoms with E-state index in [0.717, 1.165) is 0 Å². The van der Waals surface area contributed by atoms with E-state index in [9.17, 15) is 13.2 Å². The van der Waals surface area contributed by atoms with Gasteiger partial charge in [-0.2, -0.15) is 0 Å². The summed E-state index contributed by atoms with van der Waals surface area (Å²) in [5.74, 6) is -1.15. The molecule has 0 saturated carbocycles. The largest absolute Gasteiger partial charge is 0.477 e. The van der Waals surface area contributed by atoms with Crippen LogP contribution >= 0.6 is 0 Å². The van der Waals surface area contributed by atoms with Crippen LogP contribution in [0.1, 0.15) is 43.6 Å². The van der Waals surface area contributed by atoms with Crippen molar-refractivity contribution in [3.8, 4) is 0 Å². The van der Waals surface area contributed by atoms with E-state index in [1.807, 2.05) is 6.92 Å². The van der Waals surface area contributed by atoms with Gasteiger partial charge in [-0.1, -0.05) is 6.92 Å². The number of hydrogen-bond acceptors (Lipinski definition) is 4. The molecule has 0 aromatic carbocycles. The molecule has 21 heavy (non-hydrogen) atoms. The van der Waals surface area contributed by atoms with Gasteiger partial charge in [0.25, 0.3) is 0 Å². The third-order valence-electron chi connectivity index (χ3n) is 3.02. The summed E-state index contributed by atoms with van der Waals surface area (Å²) in [6.07, 6.45) is 3.06. The van der Waals surface area contributed by atoms with Crippen LogP contribution < -0.4 is 4.72 Å². The average molecular weight is 318 g/mol. The molecule has 7 nitrogen and oxygen atoms in total. The smallest absolute Gasteiger partial charge is 0.352 e. The predicted octanol–water partition coefficient (Wildman–Crippen LogP) is 1.04. The van der Waals surface area contributed by atoms with E-state index in [1.165, 1.54) is 16.8 Å². The van der Waals surface area contributed by atoms with Crippen LogP contribution in [0.15, 0.2) is 17.2 Å². The summed E-state index contributed by atoms with van der Waals surface area (Å²) >= 11 is 0. The Balaban J connectivity index is 2.97. The van der Waals surface area contributed by atoms with Gasteiger partial charge in [-0.25, -0.2) is 17.9 Å². The number of rotatable bonds is 9. The number of sulfonamides is 1. The molecular formula is C13H22N2O5S. The molecule has 1 aromatic heterocycles. The Hall–Kier alpha value is -1.38. The molecule has 0 bridgehead atoms. The van der Waals surface area contributed by atoms with Crippen LogP contribution in [0.4, 0.5) is 0 Å². The zero-order valence-electron chi connectivity index (χ0n) is 12.2. The second kappa shape index (κ2) is 7.58. The first-order valence-corrected chi connectivity index (χ1v) is 8.36. The maximum atomic E-state index is 12.2. The number of carbonyl (C=O) groups is 1. The number of aliphatic hydroxyl groups is 1. The van der Waals surface area contributed by atoms with E-state index >= 15 is 0 Å². The lowest BCUT2D eigenvalue weighted by atomic mass is 10.2. The van der Waals surface area contributed by atoms with Crippen molar-refractivity contribution in [3.63, 3.8) is 0 Å². The first-order valence-electron chi connectivity index (χ1n) is 6.88. The van der Waals surface area contributed by atoms with Crippen LogP contribution in [0.3, 0.4) is 0 Å². The molecule has 0 aliphatic heterocycles. The van der Waals surface area contributed by atoms with Gasteiger partial charge in [-0.05, 0) is 32.3 Å². The van der Waals surface area contributed by atoms with Crippen LogP contribution in [0.25, 0.3) is 0 Å². The van der Waals surface area contributed by atoms with Gasteiger partial charge in [-0.3, -0.25) is 0 Å². The Bertz CT molecular complexity index is 579. The quantitative estimate of drug-likeness (QED) is 0.630. The van der Waals surface area contributed by atoms with Crippen molar-refractivity contribution in [2.75, 3.05) is 6.61 Å². The molecule has 1 heterocycles. The maximum Gasteiger partial charge on any atom is 0.352 e. The number of carboxylic acids is 1. The van der Waals surface area contributed by atoms with Gasteiger partial charge >= 0.3 is 5.97 Å². The Labute approximate surface area is 124 Å². The minimum atomic E-state index is -3.76. The molecule has 0 fully saturated rings. The topological polar surface area (TPSA) is 109 Å². The molecule has 3 N–H and O–H groups in total. The molecule has 0 spiro atoms. The average Bonchev–Trinajstić information content (AvgIpc) is 2.81. The molecule has 1 rings (SSSR count). The minimum absolute atomic E-state index is 0.00209. The molecule has 0 radical (unpaired) electrons. The Kier molecular flexibility index (Phi) is 6.38. The molecule has 1 atom stereocenters. The number of aryl methyl sites for hydroxylation is 1. The number of hydrogen-bond donors (Lipinski definition) is 3. The normalized spacial score (nSPS) is 13.3. The van der Waals surface area contributed by atoms with Crippen molar-refractivity contribution in [1.82, 2.24) is 9.29 Å². The first kappa shape index (κ1) is 17.7. The highest BCUT2D eigenvalue weighted by atomic mass is 32.2. The van der Waals surface area contributed by atoms with Crippen LogP contribution in [0.2, 0.25) is 0 Å². The van der Waals surface area contributed by atoms with Gasteiger partial charge < -0.3 is 14.8 Å². The summed E-state index contributed by atoms with van der Waals surface area (Å²) < 4.78 is 28.3. The summed E-state index contributed by atoms with van der Waals surface area (Å²) in [4.78, 5) is 11.1. The fourth-order valence-corrected chi connectivity index (χ4v) is 3.34. The van der Waals surface area contributed by atoms with Gasteiger partial charge in [0.1, 0.15) is 10.6 Å². The van der Waals surface area contributed by atoms with Crippen molar-refractivity contribution in [2.24, 2.45) is 0 Å². The minimum Gasteiger partial charge on any atom is -0.477 e. The Morgan fingerprint density at radius 1 is 1.48 bits per heavy atom. The van der Waals surface area contributed by atoms with E-state index in [4.69, 9.17) is 10.2 Å². The number of aromatic carboxylic acids is 1. The summed E-state index contributed by atoms with van der Waals surface area (Å²) in [6.45, 7) is 4.03. The lowest BCUT2D eigenvalue weighted by Crippen LogP contribution is -2.32. The monoisotopic (exact) mass is 318 g/mol. The van der Waals surface area contributed by atoms with Crippen molar-refractivity contribution in [3.05, 3.63) is 18.0 Å². The number of nitrogens with one attached hydrogen (secondary N) is 1.